The van der Waals surface area contributed by atoms with E-state index >= 15 is 0 Å². The number of likely N-dealkylation sites (tertiary alicyclic amines) is 1. The van der Waals surface area contributed by atoms with Crippen LogP contribution in [-0.2, 0) is 9.59 Å². The summed E-state index contributed by atoms with van der Waals surface area (Å²) in [6.07, 6.45) is 0.534. The highest BCUT2D eigenvalue weighted by atomic mass is 19.4. The third-order valence-electron chi connectivity index (χ3n) is 4.15. The van der Waals surface area contributed by atoms with Crippen molar-refractivity contribution < 1.29 is 22.8 Å². The van der Waals surface area contributed by atoms with Gasteiger partial charge in [0.25, 0.3) is 0 Å². The largest absolute Gasteiger partial charge is 0.397 e. The van der Waals surface area contributed by atoms with Gasteiger partial charge in [0.1, 0.15) is 6.42 Å². The van der Waals surface area contributed by atoms with E-state index in [0.29, 0.717) is 6.54 Å². The molecule has 2 rings (SSSR count). The third-order valence-corrected chi connectivity index (χ3v) is 4.15. The molecule has 1 N–H and O–H groups in total. The van der Waals surface area contributed by atoms with Crippen LogP contribution in [-0.4, -0.2) is 41.5 Å². The minimum Gasteiger partial charge on any atom is -0.351 e. The summed E-state index contributed by atoms with van der Waals surface area (Å²) in [5.74, 6) is -1.11. The molecule has 0 aromatic carbocycles. The Bertz CT molecular complexity index is 390. The molecule has 1 aliphatic carbocycles. The molecule has 1 atom stereocenters. The molecule has 0 aromatic heterocycles. The average molecular weight is 306 g/mol. The first-order chi connectivity index (χ1) is 9.85. The highest BCUT2D eigenvalue weighted by Gasteiger charge is 2.37. The van der Waals surface area contributed by atoms with Gasteiger partial charge < -0.3 is 10.2 Å². The van der Waals surface area contributed by atoms with Gasteiger partial charge >= 0.3 is 6.18 Å². The van der Waals surface area contributed by atoms with Gasteiger partial charge in [-0.25, -0.2) is 0 Å². The molecule has 1 saturated heterocycles. The molecule has 4 nitrogen and oxygen atoms in total. The molecule has 0 aromatic rings. The van der Waals surface area contributed by atoms with E-state index in [1.807, 2.05) is 0 Å². The van der Waals surface area contributed by atoms with Gasteiger partial charge in [0.05, 0.1) is 6.04 Å². The predicted molar refractivity (Wildman–Crippen MR) is 70.4 cm³/mol. The summed E-state index contributed by atoms with van der Waals surface area (Å²) < 4.78 is 36.4. The first-order valence-electron chi connectivity index (χ1n) is 7.51. The van der Waals surface area contributed by atoms with E-state index in [9.17, 15) is 22.8 Å². The fraction of sp³-hybridized carbons (Fsp3) is 0.857. The molecule has 2 fully saturated rings. The van der Waals surface area contributed by atoms with Crippen molar-refractivity contribution in [3.05, 3.63) is 0 Å². The van der Waals surface area contributed by atoms with Crippen LogP contribution in [0.1, 0.15) is 51.4 Å². The Balaban J connectivity index is 1.85. The summed E-state index contributed by atoms with van der Waals surface area (Å²) in [7, 11) is 0. The standard InChI is InChI=1S/C14H21F3N2O2/c15-14(16,17)8-12(20)18-10-7-13(21)19(9-10)11-5-3-1-2-4-6-11/h10-11H,1-9H2,(H,18,20)/t10-/m1/s1. The highest BCUT2D eigenvalue weighted by molar-refractivity contribution is 5.82. The molecule has 120 valence electrons. The van der Waals surface area contributed by atoms with Gasteiger partial charge in [0.15, 0.2) is 0 Å². The Morgan fingerprint density at radius 3 is 2.38 bits per heavy atom. The van der Waals surface area contributed by atoms with E-state index in [-0.39, 0.29) is 18.4 Å². The molecule has 0 spiro atoms. The van der Waals surface area contributed by atoms with Gasteiger partial charge in [-0.15, -0.1) is 0 Å². The van der Waals surface area contributed by atoms with Gasteiger partial charge in [0.2, 0.25) is 11.8 Å². The van der Waals surface area contributed by atoms with Crippen molar-refractivity contribution in [2.24, 2.45) is 0 Å². The lowest BCUT2D eigenvalue weighted by Crippen LogP contribution is -2.41. The van der Waals surface area contributed by atoms with Crippen molar-refractivity contribution in [3.8, 4) is 0 Å². The molecule has 1 saturated carbocycles. The van der Waals surface area contributed by atoms with Crippen molar-refractivity contribution in [2.45, 2.75) is 69.6 Å². The highest BCUT2D eigenvalue weighted by Crippen LogP contribution is 2.26. The van der Waals surface area contributed by atoms with Crippen LogP contribution in [0, 0.1) is 0 Å². The zero-order valence-electron chi connectivity index (χ0n) is 11.9. The van der Waals surface area contributed by atoms with Gasteiger partial charge in [-0.3, -0.25) is 9.59 Å². The van der Waals surface area contributed by atoms with E-state index in [1.54, 1.807) is 4.90 Å². The number of rotatable bonds is 3. The van der Waals surface area contributed by atoms with Crippen LogP contribution < -0.4 is 5.32 Å². The van der Waals surface area contributed by atoms with Crippen LogP contribution in [0.25, 0.3) is 0 Å². The van der Waals surface area contributed by atoms with Gasteiger partial charge in [-0.1, -0.05) is 25.7 Å². The maximum atomic E-state index is 12.1. The Kier molecular flexibility index (Phi) is 5.11. The first kappa shape index (κ1) is 16.1. The second kappa shape index (κ2) is 6.66. The van der Waals surface area contributed by atoms with Crippen molar-refractivity contribution in [1.29, 1.82) is 0 Å². The maximum Gasteiger partial charge on any atom is 0.397 e. The summed E-state index contributed by atoms with van der Waals surface area (Å²) >= 11 is 0. The third kappa shape index (κ3) is 4.89. The van der Waals surface area contributed by atoms with Crippen molar-refractivity contribution in [2.75, 3.05) is 6.54 Å². The van der Waals surface area contributed by atoms with Gasteiger partial charge in [0, 0.05) is 19.0 Å². The summed E-state index contributed by atoms with van der Waals surface area (Å²) in [6, 6.07) is -0.305. The quantitative estimate of drug-likeness (QED) is 0.814. The SMILES string of the molecule is O=C(CC(F)(F)F)N[C@@H]1CC(=O)N(C2CCCCCC2)C1. The predicted octanol–water partition coefficient (Wildman–Crippen LogP) is 2.38. The zero-order chi connectivity index (χ0) is 15.5. The van der Waals surface area contributed by atoms with E-state index in [2.05, 4.69) is 5.32 Å². The number of hydrogen-bond acceptors (Lipinski definition) is 2. The smallest absolute Gasteiger partial charge is 0.351 e. The van der Waals surface area contributed by atoms with Crippen LogP contribution in [0.3, 0.4) is 0 Å². The number of carbonyl (C=O) groups is 2. The zero-order valence-corrected chi connectivity index (χ0v) is 11.9. The fourth-order valence-corrected chi connectivity index (χ4v) is 3.21. The molecule has 0 unspecified atom stereocenters. The van der Waals surface area contributed by atoms with Crippen LogP contribution in [0.5, 0.6) is 0 Å². The van der Waals surface area contributed by atoms with Crippen LogP contribution in [0.4, 0.5) is 13.2 Å². The maximum absolute atomic E-state index is 12.1. The monoisotopic (exact) mass is 306 g/mol. The van der Waals surface area contributed by atoms with Gasteiger partial charge in [-0.2, -0.15) is 13.2 Å². The molecule has 0 radical (unpaired) electrons. The number of halogens is 3. The number of carbonyl (C=O) groups excluding carboxylic acids is 2. The van der Waals surface area contributed by atoms with E-state index in [1.165, 1.54) is 12.8 Å². The molecule has 1 aliphatic heterocycles. The van der Waals surface area contributed by atoms with Crippen molar-refractivity contribution in [3.63, 3.8) is 0 Å². The van der Waals surface area contributed by atoms with E-state index in [0.717, 1.165) is 25.7 Å². The number of amides is 2. The molecule has 2 aliphatic rings. The lowest BCUT2D eigenvalue weighted by molar-refractivity contribution is -0.154. The Morgan fingerprint density at radius 1 is 1.19 bits per heavy atom. The van der Waals surface area contributed by atoms with E-state index < -0.39 is 24.5 Å². The molecular formula is C14H21F3N2O2. The normalized spacial score (nSPS) is 25.0. The Hall–Kier alpha value is -1.27. The summed E-state index contributed by atoms with van der Waals surface area (Å²) in [5, 5.41) is 2.33. The first-order valence-corrected chi connectivity index (χ1v) is 7.51. The molecule has 21 heavy (non-hydrogen) atoms. The number of hydrogen-bond donors (Lipinski definition) is 1. The lowest BCUT2D eigenvalue weighted by atomic mass is 10.1. The Morgan fingerprint density at radius 2 is 1.81 bits per heavy atom. The summed E-state index contributed by atoms with van der Waals surface area (Å²) in [5.41, 5.74) is 0. The topological polar surface area (TPSA) is 49.4 Å². The summed E-state index contributed by atoms with van der Waals surface area (Å²) in [4.78, 5) is 25.1. The molecule has 7 heteroatoms. The number of nitrogens with one attached hydrogen (secondary N) is 1. The Labute approximate surface area is 122 Å². The molecular weight excluding hydrogens is 285 g/mol. The molecule has 1 heterocycles. The summed E-state index contributed by atoms with van der Waals surface area (Å²) in [6.45, 7) is 0.340. The van der Waals surface area contributed by atoms with Crippen LogP contribution in [0.2, 0.25) is 0 Å². The van der Waals surface area contributed by atoms with Crippen LogP contribution >= 0.6 is 0 Å². The molecule has 0 bridgehead atoms. The average Bonchev–Trinajstić information content (AvgIpc) is 2.58. The number of alkyl halides is 3. The minimum absolute atomic E-state index is 0.0563. The van der Waals surface area contributed by atoms with Crippen molar-refractivity contribution >= 4 is 11.8 Å². The minimum atomic E-state index is -4.51. The van der Waals surface area contributed by atoms with Gasteiger partial charge in [-0.05, 0) is 12.8 Å². The lowest BCUT2D eigenvalue weighted by Gasteiger charge is -2.27. The number of nitrogens with zero attached hydrogens (tertiary/aromatic N) is 1. The van der Waals surface area contributed by atoms with Crippen molar-refractivity contribution in [1.82, 2.24) is 10.2 Å². The second-order valence-corrected chi connectivity index (χ2v) is 5.95. The second-order valence-electron chi connectivity index (χ2n) is 5.95. The van der Waals surface area contributed by atoms with Crippen LogP contribution in [0.15, 0.2) is 0 Å². The van der Waals surface area contributed by atoms with E-state index in [4.69, 9.17) is 0 Å². The molecule has 2 amide bonds. The fourth-order valence-electron chi connectivity index (χ4n) is 3.21.